The van der Waals surface area contributed by atoms with Crippen molar-refractivity contribution in [3.05, 3.63) is 30.5 Å². The third-order valence-electron chi connectivity index (χ3n) is 3.75. The zero-order valence-electron chi connectivity index (χ0n) is 10.4. The molecule has 2 heterocycles. The SMILES string of the molecule is CC(C(=O)Nc1ccc2[nH]ccc2c1)C1CNC1. The molecule has 1 aromatic carbocycles. The molecule has 18 heavy (non-hydrogen) atoms. The first kappa shape index (κ1) is 11.3. The van der Waals surface area contributed by atoms with E-state index < -0.39 is 0 Å². The molecular formula is C14H17N3O. The van der Waals surface area contributed by atoms with Crippen molar-refractivity contribution in [2.24, 2.45) is 11.8 Å². The van der Waals surface area contributed by atoms with Gasteiger partial charge in [0, 0.05) is 28.7 Å². The van der Waals surface area contributed by atoms with Gasteiger partial charge in [0.1, 0.15) is 0 Å². The van der Waals surface area contributed by atoms with Gasteiger partial charge in [0.05, 0.1) is 0 Å². The first-order valence-electron chi connectivity index (χ1n) is 6.33. The van der Waals surface area contributed by atoms with Crippen molar-refractivity contribution < 1.29 is 4.79 Å². The minimum atomic E-state index is 0.0631. The van der Waals surface area contributed by atoms with Crippen LogP contribution in [0.3, 0.4) is 0 Å². The van der Waals surface area contributed by atoms with Crippen LogP contribution in [-0.4, -0.2) is 24.0 Å². The van der Waals surface area contributed by atoms with Crippen LogP contribution in [0.4, 0.5) is 5.69 Å². The average Bonchev–Trinajstić information content (AvgIpc) is 2.73. The van der Waals surface area contributed by atoms with E-state index in [1.165, 1.54) is 0 Å². The van der Waals surface area contributed by atoms with Crippen LogP contribution in [0.5, 0.6) is 0 Å². The van der Waals surface area contributed by atoms with E-state index in [-0.39, 0.29) is 11.8 Å². The minimum Gasteiger partial charge on any atom is -0.361 e. The van der Waals surface area contributed by atoms with E-state index in [1.54, 1.807) is 0 Å². The van der Waals surface area contributed by atoms with Gasteiger partial charge in [-0.3, -0.25) is 4.79 Å². The van der Waals surface area contributed by atoms with Gasteiger partial charge < -0.3 is 15.6 Å². The van der Waals surface area contributed by atoms with Crippen molar-refractivity contribution in [2.45, 2.75) is 6.92 Å². The van der Waals surface area contributed by atoms with Crippen LogP contribution in [0.2, 0.25) is 0 Å². The van der Waals surface area contributed by atoms with Crippen LogP contribution in [0.15, 0.2) is 30.5 Å². The van der Waals surface area contributed by atoms with Crippen molar-refractivity contribution >= 4 is 22.5 Å². The molecule has 4 heteroatoms. The number of anilines is 1. The molecule has 1 amide bonds. The molecule has 3 rings (SSSR count). The van der Waals surface area contributed by atoms with Crippen molar-refractivity contribution in [1.82, 2.24) is 10.3 Å². The molecule has 1 aromatic heterocycles. The van der Waals surface area contributed by atoms with Gasteiger partial charge in [0.25, 0.3) is 0 Å². The third kappa shape index (κ3) is 1.99. The molecule has 94 valence electrons. The molecule has 1 aliphatic rings. The first-order valence-corrected chi connectivity index (χ1v) is 6.33. The summed E-state index contributed by atoms with van der Waals surface area (Å²) in [5.41, 5.74) is 1.95. The predicted molar refractivity (Wildman–Crippen MR) is 72.5 cm³/mol. The van der Waals surface area contributed by atoms with Crippen molar-refractivity contribution in [1.29, 1.82) is 0 Å². The highest BCUT2D eigenvalue weighted by Crippen LogP contribution is 2.21. The molecule has 2 aromatic rings. The quantitative estimate of drug-likeness (QED) is 0.772. The van der Waals surface area contributed by atoms with Crippen LogP contribution in [0, 0.1) is 11.8 Å². The number of aromatic amines is 1. The van der Waals surface area contributed by atoms with Crippen molar-refractivity contribution in [3.8, 4) is 0 Å². The molecule has 0 bridgehead atoms. The summed E-state index contributed by atoms with van der Waals surface area (Å²) in [5.74, 6) is 0.644. The number of aromatic nitrogens is 1. The predicted octanol–water partition coefficient (Wildman–Crippen LogP) is 1.96. The number of nitrogens with one attached hydrogen (secondary N) is 3. The molecule has 4 nitrogen and oxygen atoms in total. The fraction of sp³-hybridized carbons (Fsp3) is 0.357. The number of fused-ring (bicyclic) bond motifs is 1. The lowest BCUT2D eigenvalue weighted by Gasteiger charge is -2.31. The highest BCUT2D eigenvalue weighted by molar-refractivity contribution is 5.95. The Bertz CT molecular complexity index is 571. The smallest absolute Gasteiger partial charge is 0.227 e. The normalized spacial score (nSPS) is 17.4. The highest BCUT2D eigenvalue weighted by Gasteiger charge is 2.28. The van der Waals surface area contributed by atoms with Crippen LogP contribution < -0.4 is 10.6 Å². The van der Waals surface area contributed by atoms with E-state index in [9.17, 15) is 4.79 Å². The lowest BCUT2D eigenvalue weighted by Crippen LogP contribution is -2.48. The average molecular weight is 243 g/mol. The number of amides is 1. The largest absolute Gasteiger partial charge is 0.361 e. The van der Waals surface area contributed by atoms with Gasteiger partial charge in [-0.1, -0.05) is 6.92 Å². The van der Waals surface area contributed by atoms with Crippen LogP contribution >= 0.6 is 0 Å². The maximum Gasteiger partial charge on any atom is 0.227 e. The van der Waals surface area contributed by atoms with E-state index in [0.717, 1.165) is 29.7 Å². The third-order valence-corrected chi connectivity index (χ3v) is 3.75. The molecule has 1 atom stereocenters. The number of H-pyrrole nitrogens is 1. The van der Waals surface area contributed by atoms with E-state index in [0.29, 0.717) is 5.92 Å². The highest BCUT2D eigenvalue weighted by atomic mass is 16.1. The molecule has 3 N–H and O–H groups in total. The van der Waals surface area contributed by atoms with Gasteiger partial charge in [-0.05, 0) is 43.3 Å². The Morgan fingerprint density at radius 2 is 2.22 bits per heavy atom. The van der Waals surface area contributed by atoms with Crippen LogP contribution in [0.25, 0.3) is 10.9 Å². The number of carbonyl (C=O) groups is 1. The monoisotopic (exact) mass is 243 g/mol. The summed E-state index contributed by atoms with van der Waals surface area (Å²) in [6, 6.07) is 7.92. The molecule has 0 saturated carbocycles. The Morgan fingerprint density at radius 3 is 2.94 bits per heavy atom. The molecule has 0 aliphatic carbocycles. The summed E-state index contributed by atoms with van der Waals surface area (Å²) < 4.78 is 0. The second kappa shape index (κ2) is 4.46. The molecule has 0 radical (unpaired) electrons. The van der Waals surface area contributed by atoms with Gasteiger partial charge in [-0.2, -0.15) is 0 Å². The number of hydrogen-bond donors (Lipinski definition) is 3. The zero-order valence-corrected chi connectivity index (χ0v) is 10.4. The molecule has 1 aliphatic heterocycles. The molecular weight excluding hydrogens is 226 g/mol. The number of hydrogen-bond acceptors (Lipinski definition) is 2. The summed E-state index contributed by atoms with van der Waals surface area (Å²) in [5, 5.41) is 7.31. The van der Waals surface area contributed by atoms with E-state index >= 15 is 0 Å². The Balaban J connectivity index is 1.72. The Morgan fingerprint density at radius 1 is 1.39 bits per heavy atom. The van der Waals surface area contributed by atoms with E-state index in [4.69, 9.17) is 0 Å². The summed E-state index contributed by atoms with van der Waals surface area (Å²) in [6.07, 6.45) is 1.90. The topological polar surface area (TPSA) is 56.9 Å². The number of carbonyl (C=O) groups excluding carboxylic acids is 1. The minimum absolute atomic E-state index is 0.0631. The molecule has 0 spiro atoms. The first-order chi connectivity index (χ1) is 8.74. The Hall–Kier alpha value is -1.81. The number of rotatable bonds is 3. The fourth-order valence-electron chi connectivity index (χ4n) is 2.27. The second-order valence-electron chi connectivity index (χ2n) is 4.98. The number of benzene rings is 1. The zero-order chi connectivity index (χ0) is 12.5. The molecule has 1 unspecified atom stereocenters. The van der Waals surface area contributed by atoms with Gasteiger partial charge in [0.2, 0.25) is 5.91 Å². The Labute approximate surface area is 106 Å². The van der Waals surface area contributed by atoms with Gasteiger partial charge in [-0.15, -0.1) is 0 Å². The van der Waals surface area contributed by atoms with Crippen molar-refractivity contribution in [3.63, 3.8) is 0 Å². The second-order valence-corrected chi connectivity index (χ2v) is 4.98. The van der Waals surface area contributed by atoms with Gasteiger partial charge in [-0.25, -0.2) is 0 Å². The standard InChI is InChI=1S/C14H17N3O/c1-9(11-7-15-8-11)14(18)17-12-2-3-13-10(6-12)4-5-16-13/h2-6,9,11,15-16H,7-8H2,1H3,(H,17,18). The fourth-order valence-corrected chi connectivity index (χ4v) is 2.27. The summed E-state index contributed by atoms with van der Waals surface area (Å²) in [6.45, 7) is 3.90. The van der Waals surface area contributed by atoms with Crippen molar-refractivity contribution in [2.75, 3.05) is 18.4 Å². The van der Waals surface area contributed by atoms with Gasteiger partial charge >= 0.3 is 0 Å². The van der Waals surface area contributed by atoms with E-state index in [1.807, 2.05) is 37.4 Å². The summed E-state index contributed by atoms with van der Waals surface area (Å²) >= 11 is 0. The maximum absolute atomic E-state index is 12.1. The summed E-state index contributed by atoms with van der Waals surface area (Å²) in [4.78, 5) is 15.2. The van der Waals surface area contributed by atoms with Gasteiger partial charge in [0.15, 0.2) is 0 Å². The molecule has 1 fully saturated rings. The van der Waals surface area contributed by atoms with E-state index in [2.05, 4.69) is 15.6 Å². The van der Waals surface area contributed by atoms with Crippen LogP contribution in [0.1, 0.15) is 6.92 Å². The Kier molecular flexibility index (Phi) is 2.80. The molecule has 1 saturated heterocycles. The van der Waals surface area contributed by atoms with Crippen LogP contribution in [-0.2, 0) is 4.79 Å². The maximum atomic E-state index is 12.1. The lowest BCUT2D eigenvalue weighted by molar-refractivity contribution is -0.121. The lowest BCUT2D eigenvalue weighted by atomic mass is 9.88. The summed E-state index contributed by atoms with van der Waals surface area (Å²) in [7, 11) is 0.